The lowest BCUT2D eigenvalue weighted by Gasteiger charge is -2.56. The highest BCUT2D eigenvalue weighted by atomic mass is 16.7. The van der Waals surface area contributed by atoms with Crippen LogP contribution in [0.3, 0.4) is 0 Å². The van der Waals surface area contributed by atoms with Crippen LogP contribution in [0.4, 0.5) is 0 Å². The first kappa shape index (κ1) is 20.9. The summed E-state index contributed by atoms with van der Waals surface area (Å²) in [7, 11) is 0. The van der Waals surface area contributed by atoms with Crippen LogP contribution < -0.4 is 0 Å². The van der Waals surface area contributed by atoms with Gasteiger partial charge >= 0.3 is 0 Å². The zero-order valence-corrected chi connectivity index (χ0v) is 19.7. The molecule has 0 amide bonds. The van der Waals surface area contributed by atoms with Crippen LogP contribution in [0, 0.1) is 46.3 Å². The normalized spacial score (nSPS) is 58.4. The van der Waals surface area contributed by atoms with E-state index in [0.29, 0.717) is 29.5 Å². The number of aliphatic hydroxyl groups excluding tert-OH is 1. The summed E-state index contributed by atoms with van der Waals surface area (Å²) >= 11 is 0. The van der Waals surface area contributed by atoms with Crippen LogP contribution in [-0.4, -0.2) is 35.5 Å². The second kappa shape index (κ2) is 6.67. The molecule has 6 rings (SSSR count). The van der Waals surface area contributed by atoms with Crippen LogP contribution in [0.15, 0.2) is 11.6 Å². The van der Waals surface area contributed by atoms with E-state index < -0.39 is 5.79 Å². The summed E-state index contributed by atoms with van der Waals surface area (Å²) < 4.78 is 13.2. The highest BCUT2D eigenvalue weighted by Crippen LogP contribution is 2.69. The number of aliphatic hydroxyl groups is 1. The Morgan fingerprint density at radius 3 is 2.61 bits per heavy atom. The number of allylic oxidation sites excluding steroid dienone is 2. The fourth-order valence-corrected chi connectivity index (χ4v) is 9.28. The highest BCUT2D eigenvalue weighted by molar-refractivity contribution is 5.97. The van der Waals surface area contributed by atoms with Gasteiger partial charge in [0.15, 0.2) is 11.6 Å². The Balaban J connectivity index is 1.34. The van der Waals surface area contributed by atoms with Crippen LogP contribution in [0.2, 0.25) is 0 Å². The average Bonchev–Trinajstić information content (AvgIpc) is 3.18. The molecule has 2 heterocycles. The molecule has 0 radical (unpaired) electrons. The fourth-order valence-electron chi connectivity index (χ4n) is 9.28. The zero-order valence-electron chi connectivity index (χ0n) is 19.7. The lowest BCUT2D eigenvalue weighted by Crippen LogP contribution is -2.53. The van der Waals surface area contributed by atoms with Crippen molar-refractivity contribution in [2.24, 2.45) is 46.3 Å². The molecule has 4 heteroatoms. The zero-order chi connectivity index (χ0) is 21.8. The topological polar surface area (TPSA) is 55.8 Å². The van der Waals surface area contributed by atoms with Gasteiger partial charge in [0.25, 0.3) is 0 Å². The third-order valence-corrected chi connectivity index (χ3v) is 11.2. The molecule has 4 aliphatic carbocycles. The Morgan fingerprint density at radius 2 is 1.87 bits per heavy atom. The number of rotatable bonds is 0. The van der Waals surface area contributed by atoms with Gasteiger partial charge in [0, 0.05) is 23.7 Å². The number of fused-ring (bicyclic) bond motifs is 7. The molecule has 11 atom stereocenters. The predicted octanol–water partition coefficient (Wildman–Crippen LogP) is 4.89. The van der Waals surface area contributed by atoms with E-state index in [2.05, 4.69) is 33.8 Å². The molecule has 0 bridgehead atoms. The molecule has 2 aliphatic heterocycles. The summed E-state index contributed by atoms with van der Waals surface area (Å²) in [6.45, 7) is 9.97. The lowest BCUT2D eigenvalue weighted by atomic mass is 9.48. The molecule has 4 nitrogen and oxygen atoms in total. The molecule has 0 aromatic heterocycles. The molecule has 1 spiro atoms. The second-order valence-electron chi connectivity index (χ2n) is 12.6. The summed E-state index contributed by atoms with van der Waals surface area (Å²) in [6, 6.07) is 0. The Bertz CT molecular complexity index is 810. The fraction of sp³-hybridized carbons (Fsp3) is 0.889. The van der Waals surface area contributed by atoms with E-state index in [1.54, 1.807) is 0 Å². The molecular formula is C27H40O4. The maximum Gasteiger partial charge on any atom is 0.171 e. The number of ether oxygens (including phenoxy) is 2. The quantitative estimate of drug-likeness (QED) is 0.597. The smallest absolute Gasteiger partial charge is 0.171 e. The van der Waals surface area contributed by atoms with Crippen molar-refractivity contribution in [1.29, 1.82) is 0 Å². The third-order valence-electron chi connectivity index (χ3n) is 11.2. The first-order valence-electron chi connectivity index (χ1n) is 13.0. The monoisotopic (exact) mass is 428 g/mol. The van der Waals surface area contributed by atoms with Gasteiger partial charge in [0.1, 0.15) is 0 Å². The number of carbonyl (C=O) groups is 1. The predicted molar refractivity (Wildman–Crippen MR) is 118 cm³/mol. The van der Waals surface area contributed by atoms with Crippen LogP contribution in [-0.2, 0) is 14.3 Å². The summed E-state index contributed by atoms with van der Waals surface area (Å²) in [4.78, 5) is 13.9. The maximum absolute atomic E-state index is 13.9. The van der Waals surface area contributed by atoms with Gasteiger partial charge < -0.3 is 14.6 Å². The van der Waals surface area contributed by atoms with Crippen LogP contribution in [0.1, 0.15) is 79.1 Å². The molecule has 5 fully saturated rings. The second-order valence-corrected chi connectivity index (χ2v) is 12.6. The van der Waals surface area contributed by atoms with E-state index in [4.69, 9.17) is 9.47 Å². The molecule has 0 aromatic rings. The van der Waals surface area contributed by atoms with Gasteiger partial charge in [-0.3, -0.25) is 4.79 Å². The highest BCUT2D eigenvalue weighted by Gasteiger charge is 2.70. The number of carbonyl (C=O) groups excluding carboxylic acids is 1. The van der Waals surface area contributed by atoms with Crippen molar-refractivity contribution in [3.05, 3.63) is 11.6 Å². The molecule has 0 aromatic carbocycles. The molecule has 3 saturated carbocycles. The Morgan fingerprint density at radius 1 is 1.06 bits per heavy atom. The van der Waals surface area contributed by atoms with Crippen molar-refractivity contribution < 1.29 is 19.4 Å². The molecule has 1 N–H and O–H groups in total. The number of ketones is 1. The van der Waals surface area contributed by atoms with Crippen LogP contribution in [0.25, 0.3) is 0 Å². The van der Waals surface area contributed by atoms with E-state index >= 15 is 0 Å². The first-order chi connectivity index (χ1) is 14.7. The lowest BCUT2D eigenvalue weighted by molar-refractivity contribution is -0.271. The van der Waals surface area contributed by atoms with Gasteiger partial charge in [-0.1, -0.05) is 33.3 Å². The van der Waals surface area contributed by atoms with Crippen molar-refractivity contribution in [3.8, 4) is 0 Å². The van der Waals surface area contributed by atoms with Gasteiger partial charge in [0.05, 0.1) is 18.8 Å². The van der Waals surface area contributed by atoms with E-state index in [9.17, 15) is 9.90 Å². The van der Waals surface area contributed by atoms with E-state index in [-0.39, 0.29) is 34.9 Å². The van der Waals surface area contributed by atoms with Crippen molar-refractivity contribution in [1.82, 2.24) is 0 Å². The van der Waals surface area contributed by atoms with Crippen molar-refractivity contribution in [3.63, 3.8) is 0 Å². The van der Waals surface area contributed by atoms with Crippen molar-refractivity contribution in [2.75, 3.05) is 6.61 Å². The van der Waals surface area contributed by atoms with Crippen molar-refractivity contribution in [2.45, 2.75) is 97.1 Å². The Hall–Kier alpha value is -0.710. The SMILES string of the molecule is C[C@@H]1CC[C@@]2(OC1)O[C@H]1C[C@H]3[C@@H]4CC[C@H]5C[C@@H](O)CC[C@]5(C)C4=CC(=O)[C@]3(C)[C@H]1[C@@H]2C. The molecule has 2 saturated heterocycles. The summed E-state index contributed by atoms with van der Waals surface area (Å²) in [5.74, 6) is 2.41. The van der Waals surface area contributed by atoms with Gasteiger partial charge in [0.2, 0.25) is 0 Å². The van der Waals surface area contributed by atoms with Gasteiger partial charge in [-0.25, -0.2) is 0 Å². The van der Waals surface area contributed by atoms with Crippen LogP contribution >= 0.6 is 0 Å². The molecule has 6 aliphatic rings. The summed E-state index contributed by atoms with van der Waals surface area (Å²) in [6.07, 6.45) is 10.3. The Labute approximate surface area is 187 Å². The number of hydrogen-bond donors (Lipinski definition) is 1. The van der Waals surface area contributed by atoms with E-state index in [0.717, 1.165) is 45.1 Å². The first-order valence-corrected chi connectivity index (χ1v) is 13.0. The minimum absolute atomic E-state index is 0.0904. The minimum Gasteiger partial charge on any atom is -0.393 e. The Kier molecular flexibility index (Phi) is 4.49. The standard InChI is InChI=1S/C27H40O4/c1-15-7-10-27(30-14-15)16(2)24-22(31-27)12-21-19-6-5-17-11-18(28)8-9-25(17,3)20(19)13-23(29)26(21,24)4/h13,15-19,21-22,24,28H,5-12,14H2,1-4H3/t15-,16+,17+,18+,19-,21+,22+,24+,25+,26-,27-/m1/s1. The third kappa shape index (κ3) is 2.62. The van der Waals surface area contributed by atoms with Gasteiger partial charge in [-0.2, -0.15) is 0 Å². The summed E-state index contributed by atoms with van der Waals surface area (Å²) in [5, 5.41) is 10.3. The minimum atomic E-state index is -0.469. The summed E-state index contributed by atoms with van der Waals surface area (Å²) in [5.41, 5.74) is 1.19. The van der Waals surface area contributed by atoms with Crippen molar-refractivity contribution >= 4 is 5.78 Å². The molecule has 0 unspecified atom stereocenters. The van der Waals surface area contributed by atoms with Gasteiger partial charge in [-0.15, -0.1) is 0 Å². The van der Waals surface area contributed by atoms with Gasteiger partial charge in [-0.05, 0) is 80.1 Å². The van der Waals surface area contributed by atoms with Crippen LogP contribution in [0.5, 0.6) is 0 Å². The largest absolute Gasteiger partial charge is 0.393 e. The molecule has 172 valence electrons. The maximum atomic E-state index is 13.9. The molecule has 31 heavy (non-hydrogen) atoms. The average molecular weight is 429 g/mol. The van der Waals surface area contributed by atoms with E-state index in [1.165, 1.54) is 18.4 Å². The van der Waals surface area contributed by atoms with E-state index in [1.807, 2.05) is 0 Å². The molecular weight excluding hydrogens is 388 g/mol. The number of hydrogen-bond acceptors (Lipinski definition) is 4.